The van der Waals surface area contributed by atoms with E-state index in [4.69, 9.17) is 5.73 Å². The SMILES string of the molecule is CCCC[C@H](NN(N[C@@H](Cc1cnc[nH]1)C(=O)O)[C@@H](CCCCN)C(=O)O)C(=O)O. The third-order valence-corrected chi connectivity index (χ3v) is 4.54. The van der Waals surface area contributed by atoms with Crippen LogP contribution < -0.4 is 16.6 Å². The van der Waals surface area contributed by atoms with Crippen molar-refractivity contribution in [2.45, 2.75) is 70.0 Å². The summed E-state index contributed by atoms with van der Waals surface area (Å²) in [4.78, 5) is 42.0. The van der Waals surface area contributed by atoms with Crippen molar-refractivity contribution in [1.82, 2.24) is 25.9 Å². The molecule has 12 nitrogen and oxygen atoms in total. The minimum Gasteiger partial charge on any atom is -0.480 e. The summed E-state index contributed by atoms with van der Waals surface area (Å²) in [6, 6.07) is -3.48. The Morgan fingerprint density at radius 3 is 2.23 bits per heavy atom. The number of nitrogens with zero attached hydrogens (tertiary/aromatic N) is 2. The van der Waals surface area contributed by atoms with E-state index in [0.717, 1.165) is 11.5 Å². The summed E-state index contributed by atoms with van der Waals surface area (Å²) >= 11 is 0. The Morgan fingerprint density at radius 1 is 1.07 bits per heavy atom. The molecule has 1 rings (SSSR count). The van der Waals surface area contributed by atoms with Crippen molar-refractivity contribution in [1.29, 1.82) is 0 Å². The number of imidazole rings is 1. The molecule has 0 aliphatic heterocycles. The maximum atomic E-state index is 11.9. The average molecular weight is 428 g/mol. The number of nitrogens with one attached hydrogen (secondary N) is 3. The second-order valence-electron chi connectivity index (χ2n) is 6.97. The van der Waals surface area contributed by atoms with Gasteiger partial charge >= 0.3 is 17.9 Å². The zero-order valence-electron chi connectivity index (χ0n) is 17.1. The largest absolute Gasteiger partial charge is 0.480 e. The molecule has 30 heavy (non-hydrogen) atoms. The Kier molecular flexibility index (Phi) is 11.6. The minimum atomic E-state index is -1.22. The lowest BCUT2D eigenvalue weighted by Crippen LogP contribution is -2.64. The van der Waals surface area contributed by atoms with Crippen molar-refractivity contribution in [3.63, 3.8) is 0 Å². The van der Waals surface area contributed by atoms with Gasteiger partial charge in [-0.05, 0) is 32.2 Å². The smallest absolute Gasteiger partial charge is 0.323 e. The van der Waals surface area contributed by atoms with E-state index in [9.17, 15) is 29.7 Å². The number of hydrogen-bond acceptors (Lipinski definition) is 8. The molecule has 0 amide bonds. The van der Waals surface area contributed by atoms with Gasteiger partial charge in [0, 0.05) is 18.3 Å². The van der Waals surface area contributed by atoms with Crippen molar-refractivity contribution < 1.29 is 29.7 Å². The van der Waals surface area contributed by atoms with Crippen molar-refractivity contribution in [2.75, 3.05) is 6.54 Å². The fourth-order valence-electron chi connectivity index (χ4n) is 2.85. The van der Waals surface area contributed by atoms with Gasteiger partial charge in [0.05, 0.1) is 6.33 Å². The quantitative estimate of drug-likeness (QED) is 0.130. The number of carboxylic acid groups (broad SMARTS) is 3. The fraction of sp³-hybridized carbons (Fsp3) is 0.667. The summed E-state index contributed by atoms with van der Waals surface area (Å²) in [6.07, 6.45) is 5.73. The van der Waals surface area contributed by atoms with Gasteiger partial charge in [0.2, 0.25) is 0 Å². The van der Waals surface area contributed by atoms with E-state index < -0.39 is 36.0 Å². The number of carboxylic acids is 3. The summed E-state index contributed by atoms with van der Waals surface area (Å²) in [5.41, 5.74) is 11.4. The molecule has 1 aromatic heterocycles. The number of nitrogens with two attached hydrogens (primary N) is 1. The summed E-state index contributed by atoms with van der Waals surface area (Å²) in [5.74, 6) is -3.58. The van der Waals surface area contributed by atoms with Crippen molar-refractivity contribution in [2.24, 2.45) is 5.73 Å². The van der Waals surface area contributed by atoms with Gasteiger partial charge in [0.1, 0.15) is 18.1 Å². The summed E-state index contributed by atoms with van der Waals surface area (Å²) in [6.45, 7) is 2.30. The monoisotopic (exact) mass is 428 g/mol. The van der Waals surface area contributed by atoms with Crippen molar-refractivity contribution in [3.05, 3.63) is 18.2 Å². The number of aliphatic carboxylic acids is 3. The average Bonchev–Trinajstić information content (AvgIpc) is 3.19. The van der Waals surface area contributed by atoms with E-state index in [1.54, 1.807) is 0 Å². The highest BCUT2D eigenvalue weighted by Gasteiger charge is 2.33. The van der Waals surface area contributed by atoms with Crippen LogP contribution in [0.15, 0.2) is 12.5 Å². The molecule has 1 aromatic rings. The van der Waals surface area contributed by atoms with Gasteiger partial charge in [-0.15, -0.1) is 0 Å². The van der Waals surface area contributed by atoms with Gasteiger partial charge in [-0.1, -0.05) is 19.8 Å². The lowest BCUT2D eigenvalue weighted by atomic mass is 10.1. The maximum absolute atomic E-state index is 11.9. The first-order valence-electron chi connectivity index (χ1n) is 9.97. The van der Waals surface area contributed by atoms with Gasteiger partial charge in [-0.2, -0.15) is 5.12 Å². The molecule has 0 unspecified atom stereocenters. The first-order chi connectivity index (χ1) is 14.3. The summed E-state index contributed by atoms with van der Waals surface area (Å²) in [5, 5.41) is 29.9. The van der Waals surface area contributed by atoms with Crippen LogP contribution in [0.2, 0.25) is 0 Å². The molecule has 0 radical (unpaired) electrons. The second kappa shape index (κ2) is 13.6. The number of H-pyrrole nitrogens is 1. The van der Waals surface area contributed by atoms with E-state index in [0.29, 0.717) is 31.5 Å². The summed E-state index contributed by atoms with van der Waals surface area (Å²) in [7, 11) is 0. The van der Waals surface area contributed by atoms with Gasteiger partial charge in [0.25, 0.3) is 0 Å². The van der Waals surface area contributed by atoms with E-state index >= 15 is 0 Å². The predicted octanol–water partition coefficient (Wildman–Crippen LogP) is -0.0578. The van der Waals surface area contributed by atoms with E-state index in [-0.39, 0.29) is 19.3 Å². The first kappa shape index (κ1) is 25.5. The molecular weight excluding hydrogens is 396 g/mol. The van der Waals surface area contributed by atoms with Crippen LogP contribution in [-0.2, 0) is 20.8 Å². The lowest BCUT2D eigenvalue weighted by molar-refractivity contribution is -0.156. The number of hydrogen-bond donors (Lipinski definition) is 7. The van der Waals surface area contributed by atoms with Gasteiger partial charge in [-0.25, -0.2) is 15.8 Å². The van der Waals surface area contributed by atoms with Crippen LogP contribution in [0.1, 0.15) is 51.1 Å². The third-order valence-electron chi connectivity index (χ3n) is 4.54. The number of aromatic amines is 1. The molecule has 0 aliphatic carbocycles. The molecule has 0 aliphatic rings. The van der Waals surface area contributed by atoms with Crippen LogP contribution in [0.3, 0.4) is 0 Å². The molecule has 0 bridgehead atoms. The van der Waals surface area contributed by atoms with Crippen LogP contribution in [0.4, 0.5) is 0 Å². The van der Waals surface area contributed by atoms with Crippen molar-refractivity contribution in [3.8, 4) is 0 Å². The molecule has 0 saturated heterocycles. The molecule has 8 N–H and O–H groups in total. The van der Waals surface area contributed by atoms with E-state index in [2.05, 4.69) is 20.8 Å². The van der Waals surface area contributed by atoms with Crippen LogP contribution in [-0.4, -0.2) is 73.0 Å². The molecule has 0 spiro atoms. The predicted molar refractivity (Wildman–Crippen MR) is 107 cm³/mol. The van der Waals surface area contributed by atoms with Crippen LogP contribution in [0.25, 0.3) is 0 Å². The topological polar surface area (TPSA) is 194 Å². The van der Waals surface area contributed by atoms with E-state index in [1.807, 2.05) is 6.92 Å². The Balaban J connectivity index is 3.08. The number of unbranched alkanes of at least 4 members (excludes halogenated alkanes) is 2. The lowest BCUT2D eigenvalue weighted by Gasteiger charge is -2.34. The molecule has 12 heteroatoms. The molecule has 0 fully saturated rings. The Labute approximate surface area is 174 Å². The normalized spacial score (nSPS) is 14.4. The zero-order chi connectivity index (χ0) is 22.5. The Bertz CT molecular complexity index is 656. The second-order valence-corrected chi connectivity index (χ2v) is 6.97. The zero-order valence-corrected chi connectivity index (χ0v) is 17.1. The van der Waals surface area contributed by atoms with Crippen molar-refractivity contribution >= 4 is 17.9 Å². The van der Waals surface area contributed by atoms with Crippen LogP contribution >= 0.6 is 0 Å². The highest BCUT2D eigenvalue weighted by atomic mass is 16.4. The number of hydrazine groups is 2. The summed E-state index contributed by atoms with van der Waals surface area (Å²) < 4.78 is 0. The molecule has 0 aromatic carbocycles. The molecular formula is C18H32N6O6. The van der Waals surface area contributed by atoms with Gasteiger partial charge < -0.3 is 26.0 Å². The Hall–Kier alpha value is -2.54. The standard InChI is InChI=1S/C18H32N6O6/c1-2-3-6-13(16(25)26)22-24(15(18(29)30)7-4-5-8-19)23-14(17(27)28)9-12-10-20-11-21-12/h10-11,13-15,22-23H,2-9,19H2,1H3,(H,20,21)(H,25,26)(H,27,28)(H,29,30)/t13-,14-,15-/m0/s1. The number of rotatable bonds is 17. The Morgan fingerprint density at radius 2 is 1.73 bits per heavy atom. The molecule has 3 atom stereocenters. The van der Waals surface area contributed by atoms with Crippen LogP contribution in [0.5, 0.6) is 0 Å². The molecule has 1 heterocycles. The highest BCUT2D eigenvalue weighted by molar-refractivity contribution is 5.75. The van der Waals surface area contributed by atoms with Crippen LogP contribution in [0, 0.1) is 0 Å². The van der Waals surface area contributed by atoms with Gasteiger partial charge in [-0.3, -0.25) is 14.4 Å². The molecule has 170 valence electrons. The van der Waals surface area contributed by atoms with Gasteiger partial charge in [0.15, 0.2) is 0 Å². The highest BCUT2D eigenvalue weighted by Crippen LogP contribution is 2.11. The maximum Gasteiger partial charge on any atom is 0.323 e. The fourth-order valence-corrected chi connectivity index (χ4v) is 2.85. The first-order valence-corrected chi connectivity index (χ1v) is 9.97. The number of aromatic nitrogens is 2. The third kappa shape index (κ3) is 8.86. The molecule has 0 saturated carbocycles. The van der Waals surface area contributed by atoms with E-state index in [1.165, 1.54) is 12.5 Å². The minimum absolute atomic E-state index is 0.00461. The number of carbonyl (C=O) groups is 3.